The molecule has 0 aliphatic rings. The average molecular weight is 351 g/mol. The van der Waals surface area contributed by atoms with E-state index < -0.39 is 0 Å². The van der Waals surface area contributed by atoms with Crippen LogP contribution in [0, 0.1) is 13.8 Å². The Labute approximate surface area is 153 Å². The standard InChI is InChI=1S/C20H25N5O/c1-15-19(16(2)24(3)23-15)9-10-20(26)21-12-11-17-13-22-25(14-17)18-7-5-4-6-8-18/h4-8,13-14H,9-12H2,1-3H3,(H,21,26). The number of amides is 1. The molecule has 0 fully saturated rings. The van der Waals surface area contributed by atoms with Crippen LogP contribution >= 0.6 is 0 Å². The molecular weight excluding hydrogens is 326 g/mol. The van der Waals surface area contributed by atoms with E-state index in [2.05, 4.69) is 15.5 Å². The number of rotatable bonds is 7. The number of hydrogen-bond donors (Lipinski definition) is 1. The molecule has 1 aromatic carbocycles. The summed E-state index contributed by atoms with van der Waals surface area (Å²) in [6.45, 7) is 4.65. The molecule has 2 aromatic heterocycles. The molecule has 0 saturated heterocycles. The molecule has 0 aliphatic heterocycles. The van der Waals surface area contributed by atoms with Crippen molar-refractivity contribution >= 4 is 5.91 Å². The van der Waals surface area contributed by atoms with Crippen molar-refractivity contribution in [1.29, 1.82) is 0 Å². The third-order valence-corrected chi connectivity index (χ3v) is 4.65. The number of benzene rings is 1. The van der Waals surface area contributed by atoms with E-state index >= 15 is 0 Å². The molecule has 0 saturated carbocycles. The molecule has 0 aliphatic carbocycles. The van der Waals surface area contributed by atoms with Crippen molar-refractivity contribution in [3.63, 3.8) is 0 Å². The molecule has 1 amide bonds. The van der Waals surface area contributed by atoms with Gasteiger partial charge in [0.15, 0.2) is 0 Å². The molecule has 3 aromatic rings. The molecule has 2 heterocycles. The van der Waals surface area contributed by atoms with E-state index in [-0.39, 0.29) is 5.91 Å². The van der Waals surface area contributed by atoms with Gasteiger partial charge >= 0.3 is 0 Å². The Morgan fingerprint density at radius 2 is 1.92 bits per heavy atom. The number of carbonyl (C=O) groups excluding carboxylic acids is 1. The molecule has 6 nitrogen and oxygen atoms in total. The van der Waals surface area contributed by atoms with Crippen LogP contribution in [0.3, 0.4) is 0 Å². The Bertz CT molecular complexity index is 879. The zero-order chi connectivity index (χ0) is 18.5. The van der Waals surface area contributed by atoms with Crippen LogP contribution in [-0.4, -0.2) is 32.0 Å². The predicted molar refractivity (Wildman–Crippen MR) is 101 cm³/mol. The van der Waals surface area contributed by atoms with Gasteiger partial charge in [0.05, 0.1) is 17.6 Å². The third kappa shape index (κ3) is 4.20. The molecular formula is C20H25N5O. The molecule has 1 N–H and O–H groups in total. The van der Waals surface area contributed by atoms with Gasteiger partial charge in [-0.3, -0.25) is 9.48 Å². The van der Waals surface area contributed by atoms with E-state index in [0.29, 0.717) is 13.0 Å². The van der Waals surface area contributed by atoms with Crippen molar-refractivity contribution < 1.29 is 4.79 Å². The quantitative estimate of drug-likeness (QED) is 0.711. The zero-order valence-corrected chi connectivity index (χ0v) is 15.6. The average Bonchev–Trinajstić information content (AvgIpc) is 3.20. The predicted octanol–water partition coefficient (Wildman–Crippen LogP) is 2.51. The van der Waals surface area contributed by atoms with Gasteiger partial charge in [0, 0.05) is 31.9 Å². The summed E-state index contributed by atoms with van der Waals surface area (Å²) in [4.78, 5) is 12.1. The number of nitrogens with one attached hydrogen (secondary N) is 1. The first-order chi connectivity index (χ1) is 12.5. The van der Waals surface area contributed by atoms with Crippen LogP contribution in [0.1, 0.15) is 28.9 Å². The molecule has 0 bridgehead atoms. The van der Waals surface area contributed by atoms with E-state index in [4.69, 9.17) is 0 Å². The van der Waals surface area contributed by atoms with Crippen LogP contribution in [0.2, 0.25) is 0 Å². The summed E-state index contributed by atoms with van der Waals surface area (Å²) in [5.74, 6) is 0.0723. The zero-order valence-electron chi connectivity index (χ0n) is 15.6. The fourth-order valence-corrected chi connectivity index (χ4v) is 3.06. The van der Waals surface area contributed by atoms with Gasteiger partial charge < -0.3 is 5.32 Å². The third-order valence-electron chi connectivity index (χ3n) is 4.65. The molecule has 3 rings (SSSR count). The number of carbonyl (C=O) groups is 1. The van der Waals surface area contributed by atoms with Crippen molar-refractivity contribution in [2.24, 2.45) is 7.05 Å². The minimum absolute atomic E-state index is 0.0723. The maximum atomic E-state index is 12.1. The van der Waals surface area contributed by atoms with Gasteiger partial charge in [0.2, 0.25) is 5.91 Å². The van der Waals surface area contributed by atoms with E-state index in [1.54, 1.807) is 0 Å². The van der Waals surface area contributed by atoms with Gasteiger partial charge in [0.1, 0.15) is 0 Å². The van der Waals surface area contributed by atoms with Gasteiger partial charge in [-0.25, -0.2) is 4.68 Å². The first kappa shape index (κ1) is 17.9. The van der Waals surface area contributed by atoms with Crippen LogP contribution in [0.5, 0.6) is 0 Å². The molecule has 136 valence electrons. The van der Waals surface area contributed by atoms with Crippen molar-refractivity contribution in [2.45, 2.75) is 33.1 Å². The Kier molecular flexibility index (Phi) is 5.51. The highest BCUT2D eigenvalue weighted by molar-refractivity contribution is 5.76. The highest BCUT2D eigenvalue weighted by Gasteiger charge is 2.11. The fourth-order valence-electron chi connectivity index (χ4n) is 3.06. The van der Waals surface area contributed by atoms with E-state index in [1.165, 1.54) is 5.56 Å². The molecule has 6 heteroatoms. The van der Waals surface area contributed by atoms with Crippen LogP contribution in [0.25, 0.3) is 5.69 Å². The summed E-state index contributed by atoms with van der Waals surface area (Å²) in [6.07, 6.45) is 5.83. The molecule has 0 atom stereocenters. The highest BCUT2D eigenvalue weighted by Crippen LogP contribution is 2.14. The minimum Gasteiger partial charge on any atom is -0.356 e. The summed E-state index contributed by atoms with van der Waals surface area (Å²) in [5.41, 5.74) is 5.44. The lowest BCUT2D eigenvalue weighted by Crippen LogP contribution is -2.25. The summed E-state index contributed by atoms with van der Waals surface area (Å²) < 4.78 is 3.72. The summed E-state index contributed by atoms with van der Waals surface area (Å²) in [7, 11) is 1.93. The number of aryl methyl sites for hydroxylation is 2. The first-order valence-electron chi connectivity index (χ1n) is 8.89. The lowest BCUT2D eigenvalue weighted by Gasteiger charge is -2.05. The molecule has 26 heavy (non-hydrogen) atoms. The van der Waals surface area contributed by atoms with Crippen LogP contribution in [0.15, 0.2) is 42.7 Å². The van der Waals surface area contributed by atoms with Gasteiger partial charge in [-0.1, -0.05) is 18.2 Å². The summed E-state index contributed by atoms with van der Waals surface area (Å²) in [6, 6.07) is 9.99. The Morgan fingerprint density at radius 1 is 1.15 bits per heavy atom. The Morgan fingerprint density at radius 3 is 2.62 bits per heavy atom. The Balaban J connectivity index is 1.45. The maximum absolute atomic E-state index is 12.1. The number of hydrogen-bond acceptors (Lipinski definition) is 3. The van der Waals surface area contributed by atoms with E-state index in [1.807, 2.05) is 73.0 Å². The second kappa shape index (κ2) is 7.99. The van der Waals surface area contributed by atoms with Crippen molar-refractivity contribution in [1.82, 2.24) is 24.9 Å². The van der Waals surface area contributed by atoms with E-state index in [9.17, 15) is 4.79 Å². The van der Waals surface area contributed by atoms with Crippen LogP contribution < -0.4 is 5.32 Å². The van der Waals surface area contributed by atoms with Gasteiger partial charge in [-0.05, 0) is 49.9 Å². The first-order valence-corrected chi connectivity index (χ1v) is 8.89. The number of nitrogens with zero attached hydrogens (tertiary/aromatic N) is 4. The summed E-state index contributed by atoms with van der Waals surface area (Å²) in [5, 5.41) is 11.8. The van der Waals surface area contributed by atoms with E-state index in [0.717, 1.165) is 35.5 Å². The fraction of sp³-hybridized carbons (Fsp3) is 0.350. The second-order valence-electron chi connectivity index (χ2n) is 6.50. The van der Waals surface area contributed by atoms with Crippen LogP contribution in [0.4, 0.5) is 0 Å². The normalized spacial score (nSPS) is 10.9. The second-order valence-corrected chi connectivity index (χ2v) is 6.50. The SMILES string of the molecule is Cc1nn(C)c(C)c1CCC(=O)NCCc1cnn(-c2ccccc2)c1. The van der Waals surface area contributed by atoms with Gasteiger partial charge in [0.25, 0.3) is 0 Å². The van der Waals surface area contributed by atoms with Crippen molar-refractivity contribution in [3.05, 3.63) is 65.2 Å². The van der Waals surface area contributed by atoms with Crippen molar-refractivity contribution in [3.8, 4) is 5.69 Å². The maximum Gasteiger partial charge on any atom is 0.220 e. The minimum atomic E-state index is 0.0723. The smallest absolute Gasteiger partial charge is 0.220 e. The highest BCUT2D eigenvalue weighted by atomic mass is 16.1. The van der Waals surface area contributed by atoms with Gasteiger partial charge in [-0.2, -0.15) is 10.2 Å². The Hall–Kier alpha value is -2.89. The number of aromatic nitrogens is 4. The van der Waals surface area contributed by atoms with Crippen molar-refractivity contribution in [2.75, 3.05) is 6.54 Å². The van der Waals surface area contributed by atoms with Gasteiger partial charge in [-0.15, -0.1) is 0 Å². The molecule has 0 unspecified atom stereocenters. The molecule has 0 spiro atoms. The monoisotopic (exact) mass is 351 g/mol. The summed E-state index contributed by atoms with van der Waals surface area (Å²) >= 11 is 0. The molecule has 0 radical (unpaired) electrons. The topological polar surface area (TPSA) is 64.7 Å². The largest absolute Gasteiger partial charge is 0.356 e. The number of para-hydroxylation sites is 1. The lowest BCUT2D eigenvalue weighted by atomic mass is 10.1. The van der Waals surface area contributed by atoms with Crippen LogP contribution in [-0.2, 0) is 24.7 Å². The lowest BCUT2D eigenvalue weighted by molar-refractivity contribution is -0.121.